The van der Waals surface area contributed by atoms with Gasteiger partial charge in [-0.1, -0.05) is 115 Å². The summed E-state index contributed by atoms with van der Waals surface area (Å²) in [6.07, 6.45) is 4.49. The minimum absolute atomic E-state index is 0.0617. The molecule has 2 spiro atoms. The van der Waals surface area contributed by atoms with Crippen molar-refractivity contribution >= 4 is 0 Å². The third-order valence-corrected chi connectivity index (χ3v) is 12.3. The minimum atomic E-state index is -0.116. The SMILES string of the molecule is CC1(C)CC2(CC(C)(C)c3ccc(O)cc32)c2cc(O)ccc21.Cc1ccc2c(c1)C1(CC2(C)C)CC(C)(C)c2ccc(C)cc21. The van der Waals surface area contributed by atoms with Crippen molar-refractivity contribution in [2.45, 2.75) is 127 Å². The smallest absolute Gasteiger partial charge is 0.115 e. The van der Waals surface area contributed by atoms with Crippen molar-refractivity contribution in [2.24, 2.45) is 0 Å². The van der Waals surface area contributed by atoms with Gasteiger partial charge in [-0.15, -0.1) is 0 Å². The number of phenols is 2. The molecule has 2 heteroatoms. The van der Waals surface area contributed by atoms with Crippen LogP contribution in [0.2, 0.25) is 0 Å². The van der Waals surface area contributed by atoms with Gasteiger partial charge in [-0.3, -0.25) is 0 Å². The van der Waals surface area contributed by atoms with Crippen LogP contribution in [0, 0.1) is 13.8 Å². The standard InChI is InChI=1S/C23H28.C21H24O2/c1-15-7-9-17-19(11-15)23(13-21(17,3)4)14-22(5,6)18-10-8-16(2)12-20(18)23;1-19(2)11-21(17-9-13(22)5-7-15(17)19)12-20(3,4)16-8-6-14(23)10-18(16)21/h7-12H,13-14H2,1-6H3;5-10,22-23H,11-12H2,1-4H3. The number of benzene rings is 4. The van der Waals surface area contributed by atoms with E-state index in [-0.39, 0.29) is 32.5 Å². The molecule has 0 bridgehead atoms. The van der Waals surface area contributed by atoms with Gasteiger partial charge in [0.15, 0.2) is 0 Å². The van der Waals surface area contributed by atoms with E-state index in [4.69, 9.17) is 0 Å². The number of aromatic hydroxyl groups is 2. The second-order valence-electron chi connectivity index (χ2n) is 18.0. The fourth-order valence-corrected chi connectivity index (χ4v) is 10.9. The van der Waals surface area contributed by atoms with E-state index in [1.807, 2.05) is 12.1 Å². The molecule has 4 aliphatic carbocycles. The average molecular weight is 613 g/mol. The highest BCUT2D eigenvalue weighted by Gasteiger charge is 2.57. The first-order chi connectivity index (χ1) is 21.3. The fraction of sp³-hybridized carbons (Fsp3) is 0.455. The number of aryl methyl sites for hydroxylation is 2. The van der Waals surface area contributed by atoms with Crippen LogP contribution >= 0.6 is 0 Å². The lowest BCUT2D eigenvalue weighted by Crippen LogP contribution is -2.27. The lowest BCUT2D eigenvalue weighted by Gasteiger charge is -2.30. The van der Waals surface area contributed by atoms with E-state index in [2.05, 4.69) is 118 Å². The van der Waals surface area contributed by atoms with Gasteiger partial charge in [-0.2, -0.15) is 0 Å². The van der Waals surface area contributed by atoms with Crippen LogP contribution in [0.1, 0.15) is 137 Å². The summed E-state index contributed by atoms with van der Waals surface area (Å²) < 4.78 is 0. The van der Waals surface area contributed by atoms with Crippen molar-refractivity contribution in [2.75, 3.05) is 0 Å². The third kappa shape index (κ3) is 4.35. The van der Waals surface area contributed by atoms with E-state index in [0.717, 1.165) is 12.8 Å². The Labute approximate surface area is 276 Å². The Morgan fingerprint density at radius 1 is 0.370 bits per heavy atom. The van der Waals surface area contributed by atoms with Gasteiger partial charge >= 0.3 is 0 Å². The number of hydrogen-bond acceptors (Lipinski definition) is 2. The molecule has 0 fully saturated rings. The molecule has 46 heavy (non-hydrogen) atoms. The van der Waals surface area contributed by atoms with Crippen LogP contribution in [-0.2, 0) is 32.5 Å². The predicted molar refractivity (Wildman–Crippen MR) is 191 cm³/mol. The van der Waals surface area contributed by atoms with Crippen LogP contribution in [0.15, 0.2) is 72.8 Å². The predicted octanol–water partition coefficient (Wildman–Crippen LogP) is 10.7. The van der Waals surface area contributed by atoms with Crippen LogP contribution in [0.3, 0.4) is 0 Å². The van der Waals surface area contributed by atoms with Crippen LogP contribution < -0.4 is 0 Å². The number of hydrogen-bond donors (Lipinski definition) is 2. The molecule has 4 aromatic carbocycles. The van der Waals surface area contributed by atoms with E-state index in [0.29, 0.717) is 11.5 Å². The Bertz CT molecular complexity index is 1620. The second kappa shape index (κ2) is 9.52. The Morgan fingerprint density at radius 3 is 0.935 bits per heavy atom. The monoisotopic (exact) mass is 612 g/mol. The molecule has 8 rings (SSSR count). The maximum absolute atomic E-state index is 10.1. The van der Waals surface area contributed by atoms with Crippen molar-refractivity contribution in [3.8, 4) is 11.5 Å². The summed E-state index contributed by atoms with van der Waals surface area (Å²) in [5, 5.41) is 20.2. The van der Waals surface area contributed by atoms with Gasteiger partial charge in [0.2, 0.25) is 0 Å². The molecular formula is C44H52O2. The molecule has 0 radical (unpaired) electrons. The molecule has 2 N–H and O–H groups in total. The van der Waals surface area contributed by atoms with E-state index in [9.17, 15) is 10.2 Å². The second-order valence-corrected chi connectivity index (χ2v) is 18.0. The largest absolute Gasteiger partial charge is 0.508 e. The van der Waals surface area contributed by atoms with Crippen LogP contribution in [0.25, 0.3) is 0 Å². The van der Waals surface area contributed by atoms with Gasteiger partial charge in [-0.05, 0) is 130 Å². The van der Waals surface area contributed by atoms with Crippen LogP contribution in [0.5, 0.6) is 11.5 Å². The first-order valence-electron chi connectivity index (χ1n) is 17.2. The Balaban J connectivity index is 0.000000147. The molecular weight excluding hydrogens is 560 g/mol. The van der Waals surface area contributed by atoms with Gasteiger partial charge < -0.3 is 10.2 Å². The molecule has 4 aromatic rings. The molecule has 0 amide bonds. The summed E-state index contributed by atoms with van der Waals surface area (Å²) >= 11 is 0. The van der Waals surface area contributed by atoms with Crippen molar-refractivity contribution < 1.29 is 10.2 Å². The fourth-order valence-electron chi connectivity index (χ4n) is 10.9. The highest BCUT2D eigenvalue weighted by molar-refractivity contribution is 5.62. The summed E-state index contributed by atoms with van der Waals surface area (Å²) in [7, 11) is 0. The first kappa shape index (κ1) is 31.1. The maximum atomic E-state index is 10.1. The summed E-state index contributed by atoms with van der Waals surface area (Å²) in [4.78, 5) is 0. The normalized spacial score (nSPS) is 22.1. The summed E-state index contributed by atoms with van der Waals surface area (Å²) in [6, 6.07) is 25.9. The first-order valence-corrected chi connectivity index (χ1v) is 17.2. The van der Waals surface area contributed by atoms with Gasteiger partial charge in [0.1, 0.15) is 11.5 Å². The molecule has 0 unspecified atom stereocenters. The van der Waals surface area contributed by atoms with Gasteiger partial charge in [0, 0.05) is 10.8 Å². The van der Waals surface area contributed by atoms with Gasteiger partial charge in [0.05, 0.1) is 0 Å². The average Bonchev–Trinajstić information content (AvgIpc) is 3.49. The molecule has 4 aliphatic rings. The van der Waals surface area contributed by atoms with E-state index in [1.54, 1.807) is 34.4 Å². The van der Waals surface area contributed by atoms with Crippen molar-refractivity contribution in [3.05, 3.63) is 128 Å². The molecule has 0 aromatic heterocycles. The molecule has 0 aliphatic heterocycles. The highest BCUT2D eigenvalue weighted by Crippen LogP contribution is 2.64. The topological polar surface area (TPSA) is 40.5 Å². The van der Waals surface area contributed by atoms with E-state index >= 15 is 0 Å². The quantitative estimate of drug-likeness (QED) is 0.207. The Kier molecular flexibility index (Phi) is 6.44. The number of fused-ring (bicyclic) bond motifs is 8. The van der Waals surface area contributed by atoms with Crippen LogP contribution in [-0.4, -0.2) is 10.2 Å². The highest BCUT2D eigenvalue weighted by atomic mass is 16.3. The zero-order chi connectivity index (χ0) is 33.2. The maximum Gasteiger partial charge on any atom is 0.115 e. The van der Waals surface area contributed by atoms with Gasteiger partial charge in [-0.25, -0.2) is 0 Å². The zero-order valence-electron chi connectivity index (χ0n) is 29.7. The molecule has 0 atom stereocenters. The minimum Gasteiger partial charge on any atom is -0.508 e. The molecule has 0 heterocycles. The van der Waals surface area contributed by atoms with Crippen molar-refractivity contribution in [1.29, 1.82) is 0 Å². The summed E-state index contributed by atoms with van der Waals surface area (Å²) in [6.45, 7) is 23.3. The Hall–Kier alpha value is -3.52. The van der Waals surface area contributed by atoms with E-state index in [1.165, 1.54) is 46.2 Å². The van der Waals surface area contributed by atoms with Crippen molar-refractivity contribution in [3.63, 3.8) is 0 Å². The molecule has 240 valence electrons. The molecule has 2 nitrogen and oxygen atoms in total. The van der Waals surface area contributed by atoms with Crippen molar-refractivity contribution in [1.82, 2.24) is 0 Å². The number of phenolic OH excluding ortho intramolecular Hbond substituents is 2. The summed E-state index contributed by atoms with van der Waals surface area (Å²) in [5.41, 5.74) is 14.9. The van der Waals surface area contributed by atoms with Gasteiger partial charge in [0.25, 0.3) is 0 Å². The molecule has 0 saturated heterocycles. The Morgan fingerprint density at radius 2 is 0.630 bits per heavy atom. The zero-order valence-corrected chi connectivity index (χ0v) is 29.7. The summed E-state index contributed by atoms with van der Waals surface area (Å²) in [5.74, 6) is 0.652. The molecule has 0 saturated carbocycles. The number of rotatable bonds is 0. The third-order valence-electron chi connectivity index (χ3n) is 12.3. The lowest BCUT2D eigenvalue weighted by atomic mass is 9.72. The van der Waals surface area contributed by atoms with E-state index < -0.39 is 0 Å². The van der Waals surface area contributed by atoms with Crippen LogP contribution in [0.4, 0.5) is 0 Å². The lowest BCUT2D eigenvalue weighted by molar-refractivity contribution is 0.348.